The molecule has 0 bridgehead atoms. The van der Waals surface area contributed by atoms with Crippen LogP contribution in [0.15, 0.2) is 48.5 Å². The van der Waals surface area contributed by atoms with Crippen LogP contribution in [0.2, 0.25) is 5.02 Å². The Balaban J connectivity index is 1.23. The van der Waals surface area contributed by atoms with E-state index in [0.717, 1.165) is 21.3 Å². The Morgan fingerprint density at radius 2 is 1.97 bits per heavy atom. The van der Waals surface area contributed by atoms with E-state index in [4.69, 9.17) is 21.1 Å². The molecular formula is C24H19ClF3N5O3. The second-order valence-corrected chi connectivity index (χ2v) is 9.11. The van der Waals surface area contributed by atoms with Crippen LogP contribution in [-0.4, -0.2) is 33.6 Å². The van der Waals surface area contributed by atoms with Gasteiger partial charge < -0.3 is 25.1 Å². The zero-order valence-corrected chi connectivity index (χ0v) is 19.3. The van der Waals surface area contributed by atoms with Crippen molar-refractivity contribution in [2.24, 2.45) is 0 Å². The quantitative estimate of drug-likeness (QED) is 0.340. The number of carbonyl (C=O) groups excluding carboxylic acids is 1. The third kappa shape index (κ3) is 4.09. The summed E-state index contributed by atoms with van der Waals surface area (Å²) in [6.45, 7) is 0.211. The van der Waals surface area contributed by atoms with Crippen LogP contribution in [0.3, 0.4) is 0 Å². The molecule has 0 aliphatic carbocycles. The first kappa shape index (κ1) is 22.6. The van der Waals surface area contributed by atoms with E-state index in [0.29, 0.717) is 22.1 Å². The molecule has 12 heteroatoms. The average molecular weight is 518 g/mol. The van der Waals surface area contributed by atoms with Crippen LogP contribution in [0.25, 0.3) is 10.9 Å². The summed E-state index contributed by atoms with van der Waals surface area (Å²) in [4.78, 5) is 15.9. The lowest BCUT2D eigenvalue weighted by molar-refractivity contribution is -0.173. The van der Waals surface area contributed by atoms with Gasteiger partial charge in [0.1, 0.15) is 5.82 Å². The molecule has 2 aliphatic heterocycles. The third-order valence-electron chi connectivity index (χ3n) is 6.30. The van der Waals surface area contributed by atoms with Crippen LogP contribution >= 0.6 is 11.6 Å². The Hall–Kier alpha value is -3.86. The van der Waals surface area contributed by atoms with Crippen molar-refractivity contribution in [3.63, 3.8) is 0 Å². The molecule has 6 rings (SSSR count). The maximum absolute atomic E-state index is 14.0. The number of H-pyrrole nitrogens is 1. The molecule has 186 valence electrons. The molecule has 0 fully saturated rings. The Labute approximate surface area is 207 Å². The van der Waals surface area contributed by atoms with Crippen molar-refractivity contribution in [2.45, 2.75) is 31.2 Å². The van der Waals surface area contributed by atoms with Gasteiger partial charge in [0.05, 0.1) is 12.6 Å². The first-order valence-electron chi connectivity index (χ1n) is 11.1. The number of anilines is 1. The van der Waals surface area contributed by atoms with Crippen molar-refractivity contribution in [3.05, 3.63) is 70.5 Å². The largest absolute Gasteiger partial charge is 0.454 e. The number of ether oxygens (including phenoxy) is 2. The number of alkyl halides is 3. The van der Waals surface area contributed by atoms with Gasteiger partial charge in [0.2, 0.25) is 6.79 Å². The summed E-state index contributed by atoms with van der Waals surface area (Å²) >= 11 is 6.01. The van der Waals surface area contributed by atoms with Gasteiger partial charge in [-0.05, 0) is 42.0 Å². The number of nitrogens with zero attached hydrogens (tertiary/aromatic N) is 2. The molecule has 3 N–H and O–H groups in total. The number of aromatic nitrogens is 3. The topological polar surface area (TPSA) is 93.2 Å². The predicted molar refractivity (Wildman–Crippen MR) is 125 cm³/mol. The van der Waals surface area contributed by atoms with Crippen molar-refractivity contribution in [2.75, 3.05) is 12.1 Å². The normalized spacial score (nSPS) is 18.7. The van der Waals surface area contributed by atoms with Gasteiger partial charge in [-0.1, -0.05) is 17.7 Å². The first-order valence-corrected chi connectivity index (χ1v) is 11.5. The molecule has 2 unspecified atom stereocenters. The second kappa shape index (κ2) is 8.37. The molecule has 4 aromatic rings. The SMILES string of the molecule is O=C(NCc1cc2cc(Cl)ccc2[nH]1)c1cc2n(n1)C(C(F)(F)F)CC(c1ccc3c(c1)OCO3)N2. The highest BCUT2D eigenvalue weighted by Gasteiger charge is 2.47. The van der Waals surface area contributed by atoms with Crippen molar-refractivity contribution in [3.8, 4) is 11.5 Å². The van der Waals surface area contributed by atoms with Gasteiger partial charge in [-0.15, -0.1) is 0 Å². The monoisotopic (exact) mass is 517 g/mol. The summed E-state index contributed by atoms with van der Waals surface area (Å²) in [7, 11) is 0. The van der Waals surface area contributed by atoms with E-state index >= 15 is 0 Å². The molecule has 2 atom stereocenters. The number of halogens is 4. The van der Waals surface area contributed by atoms with Crippen LogP contribution in [0, 0.1) is 0 Å². The van der Waals surface area contributed by atoms with Crippen molar-refractivity contribution in [1.29, 1.82) is 0 Å². The number of amides is 1. The van der Waals surface area contributed by atoms with E-state index in [1.807, 2.05) is 12.1 Å². The molecule has 0 radical (unpaired) electrons. The molecular weight excluding hydrogens is 499 g/mol. The highest BCUT2D eigenvalue weighted by atomic mass is 35.5. The molecule has 1 amide bonds. The van der Waals surface area contributed by atoms with Crippen molar-refractivity contribution in [1.82, 2.24) is 20.1 Å². The maximum atomic E-state index is 14.0. The van der Waals surface area contributed by atoms with Crippen LogP contribution in [0.5, 0.6) is 11.5 Å². The minimum absolute atomic E-state index is 0.0690. The number of carbonyl (C=O) groups is 1. The van der Waals surface area contributed by atoms with Crippen molar-refractivity contribution < 1.29 is 27.4 Å². The Kier molecular flexibility index (Phi) is 5.25. The fourth-order valence-corrected chi connectivity index (χ4v) is 4.74. The van der Waals surface area contributed by atoms with Gasteiger partial charge in [-0.2, -0.15) is 18.3 Å². The van der Waals surface area contributed by atoms with Gasteiger partial charge in [0.25, 0.3) is 5.91 Å². The Morgan fingerprint density at radius 3 is 2.81 bits per heavy atom. The molecule has 0 saturated carbocycles. The van der Waals surface area contributed by atoms with Crippen LogP contribution in [-0.2, 0) is 6.54 Å². The van der Waals surface area contributed by atoms with E-state index in [1.165, 1.54) is 6.07 Å². The molecule has 0 saturated heterocycles. The number of aromatic amines is 1. The van der Waals surface area contributed by atoms with E-state index in [2.05, 4.69) is 20.7 Å². The number of hydrogen-bond donors (Lipinski definition) is 3. The van der Waals surface area contributed by atoms with Gasteiger partial charge in [-0.3, -0.25) is 4.79 Å². The number of hydrogen-bond acceptors (Lipinski definition) is 5. The molecule has 36 heavy (non-hydrogen) atoms. The number of benzene rings is 2. The van der Waals surface area contributed by atoms with Gasteiger partial charge >= 0.3 is 6.18 Å². The maximum Gasteiger partial charge on any atom is 0.410 e. The summed E-state index contributed by atoms with van der Waals surface area (Å²) in [6, 6.07) is 11.0. The summed E-state index contributed by atoms with van der Waals surface area (Å²) < 4.78 is 53.5. The van der Waals surface area contributed by atoms with Gasteiger partial charge in [-0.25, -0.2) is 4.68 Å². The standard InChI is InChI=1S/C24H19ClF3N5O3/c25-14-2-3-16-13(5-14)6-15(30-16)10-29-23(34)18-9-22-31-17(8-21(24(26,27)28)33(22)32-18)12-1-4-19-20(7-12)36-11-35-19/h1-7,9,17,21,30-31H,8,10-11H2,(H,29,34). The highest BCUT2D eigenvalue weighted by molar-refractivity contribution is 6.31. The lowest BCUT2D eigenvalue weighted by Crippen LogP contribution is -2.35. The van der Waals surface area contributed by atoms with Crippen molar-refractivity contribution >= 4 is 34.2 Å². The number of rotatable bonds is 4. The molecule has 8 nitrogen and oxygen atoms in total. The fraction of sp³-hybridized carbons (Fsp3) is 0.250. The van der Waals surface area contributed by atoms with Gasteiger partial charge in [0.15, 0.2) is 23.2 Å². The summed E-state index contributed by atoms with van der Waals surface area (Å²) in [5, 5.41) is 11.3. The lowest BCUT2D eigenvalue weighted by atomic mass is 9.96. The minimum atomic E-state index is -4.56. The van der Waals surface area contributed by atoms with Crippen LogP contribution in [0.1, 0.15) is 40.3 Å². The van der Waals surface area contributed by atoms with Crippen LogP contribution in [0.4, 0.5) is 19.0 Å². The minimum Gasteiger partial charge on any atom is -0.454 e. The van der Waals surface area contributed by atoms with E-state index in [9.17, 15) is 18.0 Å². The first-order chi connectivity index (χ1) is 17.2. The summed E-state index contributed by atoms with van der Waals surface area (Å²) in [5.41, 5.74) is 2.08. The summed E-state index contributed by atoms with van der Waals surface area (Å²) in [5.74, 6) is 0.549. The molecule has 2 aromatic heterocycles. The van der Waals surface area contributed by atoms with E-state index in [1.54, 1.807) is 30.3 Å². The zero-order chi connectivity index (χ0) is 25.0. The average Bonchev–Trinajstić information content (AvgIpc) is 3.57. The molecule has 0 spiro atoms. The third-order valence-corrected chi connectivity index (χ3v) is 6.53. The zero-order valence-electron chi connectivity index (χ0n) is 18.5. The van der Waals surface area contributed by atoms with E-state index in [-0.39, 0.29) is 31.3 Å². The van der Waals surface area contributed by atoms with Crippen LogP contribution < -0.4 is 20.1 Å². The Morgan fingerprint density at radius 1 is 1.14 bits per heavy atom. The molecule has 2 aromatic carbocycles. The smallest absolute Gasteiger partial charge is 0.410 e. The predicted octanol–water partition coefficient (Wildman–Crippen LogP) is 5.34. The molecule has 2 aliphatic rings. The lowest BCUT2D eigenvalue weighted by Gasteiger charge is -2.33. The molecule has 4 heterocycles. The van der Waals surface area contributed by atoms with E-state index < -0.39 is 24.2 Å². The summed E-state index contributed by atoms with van der Waals surface area (Å²) in [6.07, 6.45) is -4.85. The number of fused-ring (bicyclic) bond motifs is 3. The fourth-order valence-electron chi connectivity index (χ4n) is 4.56. The Bertz CT molecular complexity index is 1480. The number of nitrogens with one attached hydrogen (secondary N) is 3. The second-order valence-electron chi connectivity index (χ2n) is 8.67. The van der Waals surface area contributed by atoms with Gasteiger partial charge in [0, 0.05) is 34.1 Å². The highest BCUT2D eigenvalue weighted by Crippen LogP contribution is 2.45.